The minimum absolute atomic E-state index is 0.0259. The van der Waals surface area contributed by atoms with Gasteiger partial charge in [0.1, 0.15) is 11.5 Å². The molecule has 1 fully saturated rings. The highest BCUT2D eigenvalue weighted by Crippen LogP contribution is 2.18. The molecule has 2 rings (SSSR count). The van der Waals surface area contributed by atoms with E-state index in [4.69, 9.17) is 11.1 Å². The molecule has 16 heavy (non-hydrogen) atoms. The molecule has 1 saturated heterocycles. The smallest absolute Gasteiger partial charge is 0.141 e. The second kappa shape index (κ2) is 5.21. The summed E-state index contributed by atoms with van der Waals surface area (Å²) in [5.74, 6) is 2.45. The van der Waals surface area contributed by atoms with Gasteiger partial charge >= 0.3 is 0 Å². The fourth-order valence-electron chi connectivity index (χ4n) is 1.74. The van der Waals surface area contributed by atoms with Gasteiger partial charge in [0, 0.05) is 18.8 Å². The van der Waals surface area contributed by atoms with Gasteiger partial charge in [-0.15, -0.1) is 0 Å². The lowest BCUT2D eigenvalue weighted by Gasteiger charge is -2.21. The van der Waals surface area contributed by atoms with Crippen LogP contribution in [0.15, 0.2) is 18.3 Å². The highest BCUT2D eigenvalue weighted by atomic mass is 32.2. The van der Waals surface area contributed by atoms with Crippen LogP contribution in [0.2, 0.25) is 0 Å². The van der Waals surface area contributed by atoms with Gasteiger partial charge in [-0.05, 0) is 24.3 Å². The van der Waals surface area contributed by atoms with Crippen molar-refractivity contribution in [1.82, 2.24) is 4.98 Å². The van der Waals surface area contributed by atoms with Crippen molar-refractivity contribution in [3.63, 3.8) is 0 Å². The molecule has 0 atom stereocenters. The number of amidine groups is 1. The van der Waals surface area contributed by atoms with Crippen LogP contribution in [-0.2, 0) is 0 Å². The molecule has 0 radical (unpaired) electrons. The summed E-state index contributed by atoms with van der Waals surface area (Å²) in [5, 5.41) is 7.28. The highest BCUT2D eigenvalue weighted by molar-refractivity contribution is 7.99. The molecule has 1 aromatic heterocycles. The second-order valence-corrected chi connectivity index (χ2v) is 4.99. The number of thioether (sulfide) groups is 1. The van der Waals surface area contributed by atoms with E-state index in [-0.39, 0.29) is 5.84 Å². The van der Waals surface area contributed by atoms with E-state index < -0.39 is 0 Å². The van der Waals surface area contributed by atoms with E-state index in [2.05, 4.69) is 9.88 Å². The van der Waals surface area contributed by atoms with Crippen molar-refractivity contribution in [2.75, 3.05) is 29.5 Å². The minimum Gasteiger partial charge on any atom is -0.382 e. The van der Waals surface area contributed by atoms with Crippen LogP contribution in [0.1, 0.15) is 12.1 Å². The molecular formula is C11H16N4S. The Bertz CT molecular complexity index is 355. The van der Waals surface area contributed by atoms with Crippen molar-refractivity contribution in [2.45, 2.75) is 6.42 Å². The van der Waals surface area contributed by atoms with Gasteiger partial charge in [0.2, 0.25) is 0 Å². The third-order valence-electron chi connectivity index (χ3n) is 2.61. The summed E-state index contributed by atoms with van der Waals surface area (Å²) in [6.45, 7) is 2.17. The number of aromatic nitrogens is 1. The van der Waals surface area contributed by atoms with Gasteiger partial charge in [-0.2, -0.15) is 11.8 Å². The standard InChI is InChI=1S/C11H16N4S/c12-11(13)10-3-2-9(8-14-10)15-4-1-6-16-7-5-15/h2-3,8H,1,4-7H2,(H3,12,13). The van der Waals surface area contributed by atoms with Gasteiger partial charge < -0.3 is 10.6 Å². The van der Waals surface area contributed by atoms with Crippen LogP contribution in [0.3, 0.4) is 0 Å². The number of nitrogens with zero attached hydrogens (tertiary/aromatic N) is 2. The maximum atomic E-state index is 7.28. The summed E-state index contributed by atoms with van der Waals surface area (Å²) >= 11 is 2.01. The SMILES string of the molecule is N=C(N)c1ccc(N2CCCSCC2)cn1. The molecule has 1 aliphatic heterocycles. The zero-order valence-electron chi connectivity index (χ0n) is 9.15. The molecule has 0 unspecified atom stereocenters. The fraction of sp³-hybridized carbons (Fsp3) is 0.455. The molecule has 1 aromatic rings. The molecule has 5 heteroatoms. The monoisotopic (exact) mass is 236 g/mol. The first-order valence-electron chi connectivity index (χ1n) is 5.40. The molecule has 0 amide bonds. The molecule has 0 aromatic carbocycles. The molecule has 4 nitrogen and oxygen atoms in total. The Morgan fingerprint density at radius 1 is 1.38 bits per heavy atom. The first-order valence-corrected chi connectivity index (χ1v) is 6.56. The number of nitrogens with one attached hydrogen (secondary N) is 1. The van der Waals surface area contributed by atoms with E-state index in [0.717, 1.165) is 18.8 Å². The number of rotatable bonds is 2. The Hall–Kier alpha value is -1.23. The van der Waals surface area contributed by atoms with Crippen LogP contribution < -0.4 is 10.6 Å². The number of anilines is 1. The zero-order chi connectivity index (χ0) is 11.4. The topological polar surface area (TPSA) is 66.0 Å². The van der Waals surface area contributed by atoms with E-state index in [1.54, 1.807) is 0 Å². The van der Waals surface area contributed by atoms with Crippen LogP contribution in [0.25, 0.3) is 0 Å². The van der Waals surface area contributed by atoms with Crippen molar-refractivity contribution >= 4 is 23.3 Å². The lowest BCUT2D eigenvalue weighted by Crippen LogP contribution is -2.25. The third-order valence-corrected chi connectivity index (χ3v) is 3.66. The van der Waals surface area contributed by atoms with E-state index in [0.29, 0.717) is 5.69 Å². The summed E-state index contributed by atoms with van der Waals surface area (Å²) in [4.78, 5) is 6.53. The normalized spacial score (nSPS) is 16.9. The van der Waals surface area contributed by atoms with Crippen molar-refractivity contribution in [1.29, 1.82) is 5.41 Å². The summed E-state index contributed by atoms with van der Waals surface area (Å²) in [7, 11) is 0. The Kier molecular flexibility index (Phi) is 3.66. The van der Waals surface area contributed by atoms with Crippen molar-refractivity contribution < 1.29 is 0 Å². The van der Waals surface area contributed by atoms with E-state index in [1.165, 1.54) is 17.9 Å². The van der Waals surface area contributed by atoms with Gasteiger partial charge in [-0.25, -0.2) is 0 Å². The van der Waals surface area contributed by atoms with Gasteiger partial charge in [0.25, 0.3) is 0 Å². The average molecular weight is 236 g/mol. The van der Waals surface area contributed by atoms with Crippen LogP contribution in [0.4, 0.5) is 5.69 Å². The number of pyridine rings is 1. The van der Waals surface area contributed by atoms with Crippen LogP contribution in [0.5, 0.6) is 0 Å². The molecule has 2 heterocycles. The minimum atomic E-state index is 0.0259. The summed E-state index contributed by atoms with van der Waals surface area (Å²) < 4.78 is 0. The molecule has 0 spiro atoms. The molecule has 0 aliphatic carbocycles. The molecular weight excluding hydrogens is 220 g/mol. The van der Waals surface area contributed by atoms with Crippen LogP contribution in [0, 0.1) is 5.41 Å². The van der Waals surface area contributed by atoms with E-state index >= 15 is 0 Å². The Balaban J connectivity index is 2.10. The first-order chi connectivity index (χ1) is 7.77. The maximum absolute atomic E-state index is 7.28. The lowest BCUT2D eigenvalue weighted by molar-refractivity contribution is 0.813. The number of nitrogen functional groups attached to an aromatic ring is 1. The third kappa shape index (κ3) is 2.66. The van der Waals surface area contributed by atoms with E-state index in [1.807, 2.05) is 30.1 Å². The van der Waals surface area contributed by atoms with Crippen molar-refractivity contribution in [3.8, 4) is 0 Å². The molecule has 86 valence electrons. The van der Waals surface area contributed by atoms with Gasteiger partial charge in [0.15, 0.2) is 0 Å². The van der Waals surface area contributed by atoms with Crippen LogP contribution in [-0.4, -0.2) is 35.4 Å². The highest BCUT2D eigenvalue weighted by Gasteiger charge is 2.10. The zero-order valence-corrected chi connectivity index (χ0v) is 9.96. The first kappa shape index (κ1) is 11.3. The van der Waals surface area contributed by atoms with E-state index in [9.17, 15) is 0 Å². The number of hydrogen-bond donors (Lipinski definition) is 2. The molecule has 0 saturated carbocycles. The lowest BCUT2D eigenvalue weighted by atomic mass is 10.3. The van der Waals surface area contributed by atoms with Crippen molar-refractivity contribution in [3.05, 3.63) is 24.0 Å². The largest absolute Gasteiger partial charge is 0.382 e. The Labute approximate surface area is 99.7 Å². The fourth-order valence-corrected chi connectivity index (χ4v) is 2.62. The second-order valence-electron chi connectivity index (χ2n) is 3.77. The summed E-state index contributed by atoms with van der Waals surface area (Å²) in [6, 6.07) is 3.81. The summed E-state index contributed by atoms with van der Waals surface area (Å²) in [6.07, 6.45) is 3.03. The summed E-state index contributed by atoms with van der Waals surface area (Å²) in [5.41, 5.74) is 7.05. The molecule has 1 aliphatic rings. The van der Waals surface area contributed by atoms with Gasteiger partial charge in [0.05, 0.1) is 11.9 Å². The van der Waals surface area contributed by atoms with Gasteiger partial charge in [-0.1, -0.05) is 0 Å². The molecule has 3 N–H and O–H groups in total. The Morgan fingerprint density at radius 2 is 2.25 bits per heavy atom. The average Bonchev–Trinajstić information content (AvgIpc) is 2.57. The predicted molar refractivity (Wildman–Crippen MR) is 69.4 cm³/mol. The molecule has 0 bridgehead atoms. The van der Waals surface area contributed by atoms with Crippen LogP contribution >= 0.6 is 11.8 Å². The maximum Gasteiger partial charge on any atom is 0.141 e. The number of hydrogen-bond acceptors (Lipinski definition) is 4. The van der Waals surface area contributed by atoms with Crippen molar-refractivity contribution in [2.24, 2.45) is 5.73 Å². The quantitative estimate of drug-likeness (QED) is 0.600. The Morgan fingerprint density at radius 3 is 2.94 bits per heavy atom. The predicted octanol–water partition coefficient (Wildman–Crippen LogP) is 1.31. The number of nitrogens with two attached hydrogens (primary N) is 1. The van der Waals surface area contributed by atoms with Gasteiger partial charge in [-0.3, -0.25) is 10.4 Å².